The molecule has 0 aliphatic heterocycles. The molecule has 0 saturated carbocycles. The van der Waals surface area contributed by atoms with Gasteiger partial charge in [-0.15, -0.1) is 0 Å². The van der Waals surface area contributed by atoms with Crippen LogP contribution in [0, 0.1) is 6.92 Å². The molecule has 0 aliphatic carbocycles. The molecule has 0 saturated heterocycles. The van der Waals surface area contributed by atoms with Gasteiger partial charge in [0.05, 0.1) is 11.4 Å². The molecule has 2 aromatic rings. The first-order valence-electron chi connectivity index (χ1n) is 6.17. The normalized spacial score (nSPS) is 10.7. The van der Waals surface area contributed by atoms with Crippen LogP contribution in [0.5, 0.6) is 0 Å². The summed E-state index contributed by atoms with van der Waals surface area (Å²) in [5, 5.41) is 13.7. The number of rotatable bonds is 4. The van der Waals surface area contributed by atoms with Crippen LogP contribution in [0.4, 0.5) is 11.5 Å². The second-order valence-corrected chi connectivity index (χ2v) is 4.45. The van der Waals surface area contributed by atoms with Crippen molar-refractivity contribution >= 4 is 17.4 Å². The van der Waals surface area contributed by atoms with E-state index in [1.54, 1.807) is 14.0 Å². The zero-order valence-corrected chi connectivity index (χ0v) is 11.3. The van der Waals surface area contributed by atoms with E-state index in [1.165, 1.54) is 4.68 Å². The molecule has 2 rings (SSSR count). The van der Waals surface area contributed by atoms with Crippen LogP contribution < -0.4 is 11.1 Å². The van der Waals surface area contributed by atoms with Crippen LogP contribution in [-0.4, -0.2) is 25.9 Å². The van der Waals surface area contributed by atoms with Gasteiger partial charge in [0.25, 0.3) is 5.91 Å². The van der Waals surface area contributed by atoms with Gasteiger partial charge in [-0.2, -0.15) is 10.2 Å². The lowest BCUT2D eigenvalue weighted by molar-refractivity contribution is 0.101. The van der Waals surface area contributed by atoms with Gasteiger partial charge < -0.3 is 11.1 Å². The lowest BCUT2D eigenvalue weighted by Crippen LogP contribution is -2.17. The molecule has 0 aliphatic rings. The van der Waals surface area contributed by atoms with E-state index >= 15 is 0 Å². The van der Waals surface area contributed by atoms with Crippen molar-refractivity contribution in [3.8, 4) is 0 Å². The fraction of sp³-hybridized carbons (Fsp3) is 0.417. The van der Waals surface area contributed by atoms with Crippen molar-refractivity contribution < 1.29 is 4.79 Å². The van der Waals surface area contributed by atoms with Crippen molar-refractivity contribution in [1.29, 1.82) is 0 Å². The predicted molar refractivity (Wildman–Crippen MR) is 72.9 cm³/mol. The average molecular weight is 262 g/mol. The van der Waals surface area contributed by atoms with Crippen LogP contribution in [0.3, 0.4) is 0 Å². The minimum atomic E-state index is -0.310. The molecule has 0 spiro atoms. The number of anilines is 2. The number of amides is 1. The third kappa shape index (κ3) is 2.59. The third-order valence-electron chi connectivity index (χ3n) is 2.88. The maximum absolute atomic E-state index is 12.1. The summed E-state index contributed by atoms with van der Waals surface area (Å²) < 4.78 is 1.47. The lowest BCUT2D eigenvalue weighted by atomic mass is 10.2. The summed E-state index contributed by atoms with van der Waals surface area (Å²) in [5.41, 5.74) is 8.21. The summed E-state index contributed by atoms with van der Waals surface area (Å²) in [4.78, 5) is 12.1. The van der Waals surface area contributed by atoms with Crippen LogP contribution in [0.25, 0.3) is 0 Å². The first-order chi connectivity index (χ1) is 9.02. The SMILES string of the molecule is CCCc1cc(NC(=O)c2c(N)c(C)nn2C)n[nH]1. The van der Waals surface area contributed by atoms with E-state index in [4.69, 9.17) is 5.73 Å². The number of nitrogens with one attached hydrogen (secondary N) is 2. The van der Waals surface area contributed by atoms with Gasteiger partial charge in [-0.1, -0.05) is 13.3 Å². The first kappa shape index (κ1) is 13.1. The van der Waals surface area contributed by atoms with Crippen molar-refractivity contribution in [2.24, 2.45) is 7.05 Å². The van der Waals surface area contributed by atoms with Gasteiger partial charge in [-0.05, 0) is 13.3 Å². The Morgan fingerprint density at radius 1 is 1.58 bits per heavy atom. The molecule has 0 atom stereocenters. The highest BCUT2D eigenvalue weighted by Gasteiger charge is 2.18. The molecule has 7 heteroatoms. The molecule has 19 heavy (non-hydrogen) atoms. The Labute approximate surface area is 111 Å². The summed E-state index contributed by atoms with van der Waals surface area (Å²) >= 11 is 0. The van der Waals surface area contributed by atoms with E-state index in [0.29, 0.717) is 22.9 Å². The molecule has 2 aromatic heterocycles. The molecule has 0 radical (unpaired) electrons. The van der Waals surface area contributed by atoms with E-state index < -0.39 is 0 Å². The number of hydrogen-bond acceptors (Lipinski definition) is 4. The highest BCUT2D eigenvalue weighted by atomic mass is 16.2. The minimum Gasteiger partial charge on any atom is -0.395 e. The largest absolute Gasteiger partial charge is 0.395 e. The van der Waals surface area contributed by atoms with Gasteiger partial charge in [0, 0.05) is 18.8 Å². The smallest absolute Gasteiger partial charge is 0.277 e. The maximum Gasteiger partial charge on any atom is 0.277 e. The van der Waals surface area contributed by atoms with Crippen LogP contribution in [0.2, 0.25) is 0 Å². The molecule has 4 N–H and O–H groups in total. The number of nitrogens with two attached hydrogens (primary N) is 1. The second-order valence-electron chi connectivity index (χ2n) is 4.45. The predicted octanol–water partition coefficient (Wildman–Crippen LogP) is 1.24. The van der Waals surface area contributed by atoms with Gasteiger partial charge in [-0.3, -0.25) is 14.6 Å². The van der Waals surface area contributed by atoms with E-state index in [-0.39, 0.29) is 5.91 Å². The second kappa shape index (κ2) is 5.13. The highest BCUT2D eigenvalue weighted by molar-refractivity contribution is 6.06. The fourth-order valence-corrected chi connectivity index (χ4v) is 1.94. The minimum absolute atomic E-state index is 0.310. The van der Waals surface area contributed by atoms with Crippen molar-refractivity contribution in [2.75, 3.05) is 11.1 Å². The van der Waals surface area contributed by atoms with Crippen molar-refractivity contribution in [1.82, 2.24) is 20.0 Å². The molecule has 1 amide bonds. The summed E-state index contributed by atoms with van der Waals surface area (Å²) in [6, 6.07) is 1.82. The molecule has 0 bridgehead atoms. The number of nitrogens with zero attached hydrogens (tertiary/aromatic N) is 3. The van der Waals surface area contributed by atoms with Gasteiger partial charge in [0.1, 0.15) is 5.69 Å². The van der Waals surface area contributed by atoms with Gasteiger partial charge in [0.2, 0.25) is 0 Å². The Kier molecular flexibility index (Phi) is 3.55. The zero-order chi connectivity index (χ0) is 14.0. The van der Waals surface area contributed by atoms with Crippen LogP contribution in [-0.2, 0) is 13.5 Å². The van der Waals surface area contributed by atoms with Gasteiger partial charge in [-0.25, -0.2) is 0 Å². The Bertz CT molecular complexity index is 597. The van der Waals surface area contributed by atoms with E-state index in [0.717, 1.165) is 18.5 Å². The fourth-order valence-electron chi connectivity index (χ4n) is 1.94. The Morgan fingerprint density at radius 2 is 2.32 bits per heavy atom. The molecule has 7 nitrogen and oxygen atoms in total. The number of H-pyrrole nitrogens is 1. The summed E-state index contributed by atoms with van der Waals surface area (Å²) in [6.07, 6.45) is 1.92. The summed E-state index contributed by atoms with van der Waals surface area (Å²) in [5.74, 6) is 0.182. The highest BCUT2D eigenvalue weighted by Crippen LogP contribution is 2.17. The number of aromatic amines is 1. The quantitative estimate of drug-likeness (QED) is 0.771. The van der Waals surface area contributed by atoms with Crippen LogP contribution >= 0.6 is 0 Å². The molecule has 0 fully saturated rings. The number of carbonyl (C=O) groups is 1. The Morgan fingerprint density at radius 3 is 2.89 bits per heavy atom. The third-order valence-corrected chi connectivity index (χ3v) is 2.88. The molecular weight excluding hydrogens is 244 g/mol. The number of hydrogen-bond donors (Lipinski definition) is 3. The van der Waals surface area contributed by atoms with Crippen molar-refractivity contribution in [2.45, 2.75) is 26.7 Å². The Hall–Kier alpha value is -2.31. The molecular formula is C12H18N6O. The van der Waals surface area contributed by atoms with E-state index in [2.05, 4.69) is 27.5 Å². The van der Waals surface area contributed by atoms with Gasteiger partial charge in [0.15, 0.2) is 5.82 Å². The standard InChI is InChI=1S/C12H18N6O/c1-4-5-8-6-9(16-15-8)14-12(19)11-10(13)7(2)17-18(11)3/h6H,4-5,13H2,1-3H3,(H2,14,15,16,19). The summed E-state index contributed by atoms with van der Waals surface area (Å²) in [7, 11) is 1.69. The molecule has 2 heterocycles. The lowest BCUT2D eigenvalue weighted by Gasteiger charge is -2.03. The molecule has 102 valence electrons. The van der Waals surface area contributed by atoms with E-state index in [9.17, 15) is 4.79 Å². The Balaban J connectivity index is 2.16. The molecule has 0 unspecified atom stereocenters. The van der Waals surface area contributed by atoms with Gasteiger partial charge >= 0.3 is 0 Å². The van der Waals surface area contributed by atoms with Crippen molar-refractivity contribution in [3.63, 3.8) is 0 Å². The summed E-state index contributed by atoms with van der Waals surface area (Å²) in [6.45, 7) is 3.85. The number of carbonyl (C=O) groups excluding carboxylic acids is 1. The number of aryl methyl sites for hydroxylation is 3. The van der Waals surface area contributed by atoms with Crippen LogP contribution in [0.15, 0.2) is 6.07 Å². The molecule has 0 aromatic carbocycles. The maximum atomic E-state index is 12.1. The van der Waals surface area contributed by atoms with E-state index in [1.807, 2.05) is 6.07 Å². The van der Waals surface area contributed by atoms with Crippen LogP contribution in [0.1, 0.15) is 35.2 Å². The number of nitrogen functional groups attached to an aromatic ring is 1. The zero-order valence-electron chi connectivity index (χ0n) is 11.3. The average Bonchev–Trinajstić information content (AvgIpc) is 2.86. The topological polar surface area (TPSA) is 102 Å². The number of aromatic nitrogens is 4. The monoisotopic (exact) mass is 262 g/mol. The van der Waals surface area contributed by atoms with Crippen molar-refractivity contribution in [3.05, 3.63) is 23.1 Å². The first-order valence-corrected chi connectivity index (χ1v) is 6.17.